The molecule has 1 amide bonds. The highest BCUT2D eigenvalue weighted by Gasteiger charge is 2.32. The lowest BCUT2D eigenvalue weighted by Gasteiger charge is -2.13. The zero-order chi connectivity index (χ0) is 14.8. The highest BCUT2D eigenvalue weighted by molar-refractivity contribution is 6.04. The quantitative estimate of drug-likeness (QED) is 0.811. The number of hydrogen-bond acceptors (Lipinski definition) is 3. The summed E-state index contributed by atoms with van der Waals surface area (Å²) in [6.07, 6.45) is -3.44. The van der Waals surface area contributed by atoms with Gasteiger partial charge in [-0.2, -0.15) is 0 Å². The molecule has 0 fully saturated rings. The van der Waals surface area contributed by atoms with Gasteiger partial charge >= 0.3 is 6.36 Å². The Morgan fingerprint density at radius 1 is 1.30 bits per heavy atom. The molecule has 0 atom stereocenters. The van der Waals surface area contributed by atoms with Crippen LogP contribution in [0, 0.1) is 0 Å². The van der Waals surface area contributed by atoms with Crippen molar-refractivity contribution in [1.29, 1.82) is 0 Å². The van der Waals surface area contributed by atoms with Crippen LogP contribution in [0.15, 0.2) is 36.5 Å². The Hall–Kier alpha value is -2.64. The second-order valence-electron chi connectivity index (χ2n) is 3.84. The largest absolute Gasteiger partial charge is 0.573 e. The van der Waals surface area contributed by atoms with Crippen molar-refractivity contribution in [3.63, 3.8) is 0 Å². The van der Waals surface area contributed by atoms with Gasteiger partial charge in [-0.1, -0.05) is 12.1 Å². The lowest BCUT2D eigenvalue weighted by Crippen LogP contribution is -2.19. The van der Waals surface area contributed by atoms with Gasteiger partial charge in [0.15, 0.2) is 5.75 Å². The topological polar surface area (TPSA) is 80.1 Å². The van der Waals surface area contributed by atoms with Gasteiger partial charge in [-0.3, -0.25) is 4.79 Å². The summed E-state index contributed by atoms with van der Waals surface area (Å²) in [6, 6.07) is 6.60. The first-order valence-electron chi connectivity index (χ1n) is 5.45. The van der Waals surface area contributed by atoms with Gasteiger partial charge in [-0.15, -0.1) is 13.2 Å². The molecule has 0 spiro atoms. The average molecular weight is 285 g/mol. The number of carbonyl (C=O) groups excluding carboxylic acids is 1. The number of anilines is 2. The van der Waals surface area contributed by atoms with Crippen LogP contribution in [0.1, 0.15) is 10.5 Å². The number of rotatable bonds is 3. The molecule has 5 nitrogen and oxygen atoms in total. The Morgan fingerprint density at radius 3 is 2.60 bits per heavy atom. The van der Waals surface area contributed by atoms with Crippen molar-refractivity contribution >= 4 is 17.3 Å². The Balaban J connectivity index is 2.19. The molecule has 0 aliphatic rings. The number of aromatic nitrogens is 1. The second kappa shape index (κ2) is 5.16. The van der Waals surface area contributed by atoms with Crippen molar-refractivity contribution < 1.29 is 22.7 Å². The van der Waals surface area contributed by atoms with Crippen molar-refractivity contribution in [1.82, 2.24) is 4.98 Å². The van der Waals surface area contributed by atoms with E-state index in [2.05, 4.69) is 15.0 Å². The van der Waals surface area contributed by atoms with E-state index >= 15 is 0 Å². The zero-order valence-corrected chi connectivity index (χ0v) is 9.99. The maximum absolute atomic E-state index is 12.2. The number of nitrogen functional groups attached to an aromatic ring is 1. The SMILES string of the molecule is Nc1c[nH]c(C(=O)Nc2ccccc2OC(F)(F)F)c1. The van der Waals surface area contributed by atoms with Crippen LogP contribution in [0.4, 0.5) is 24.5 Å². The minimum atomic E-state index is -4.84. The number of para-hydroxylation sites is 2. The van der Waals surface area contributed by atoms with Crippen molar-refractivity contribution in [2.75, 3.05) is 11.1 Å². The van der Waals surface area contributed by atoms with E-state index in [-0.39, 0.29) is 11.4 Å². The molecule has 4 N–H and O–H groups in total. The van der Waals surface area contributed by atoms with Crippen LogP contribution < -0.4 is 15.8 Å². The normalized spacial score (nSPS) is 11.2. The molecule has 0 bridgehead atoms. The molecular weight excluding hydrogens is 275 g/mol. The van der Waals surface area contributed by atoms with Crippen LogP contribution in [0.5, 0.6) is 5.75 Å². The van der Waals surface area contributed by atoms with E-state index in [4.69, 9.17) is 5.73 Å². The Bertz CT molecular complexity index is 622. The summed E-state index contributed by atoms with van der Waals surface area (Å²) in [6.45, 7) is 0. The number of halogens is 3. The molecule has 2 aromatic rings. The number of nitrogens with two attached hydrogens (primary N) is 1. The molecular formula is C12H10F3N3O2. The minimum absolute atomic E-state index is 0.0944. The number of H-pyrrole nitrogens is 1. The van der Waals surface area contributed by atoms with Crippen molar-refractivity contribution in [2.24, 2.45) is 0 Å². The number of carbonyl (C=O) groups is 1. The van der Waals surface area contributed by atoms with Crippen molar-refractivity contribution in [3.8, 4) is 5.75 Å². The molecule has 0 saturated heterocycles. The van der Waals surface area contributed by atoms with Gasteiger partial charge in [0.25, 0.3) is 5.91 Å². The third-order valence-electron chi connectivity index (χ3n) is 2.31. The number of ether oxygens (including phenoxy) is 1. The third kappa shape index (κ3) is 3.44. The van der Waals surface area contributed by atoms with E-state index in [1.54, 1.807) is 0 Å². The molecule has 1 aromatic heterocycles. The Kier molecular flexibility index (Phi) is 3.55. The summed E-state index contributed by atoms with van der Waals surface area (Å²) < 4.78 is 40.5. The third-order valence-corrected chi connectivity index (χ3v) is 2.31. The highest BCUT2D eigenvalue weighted by Crippen LogP contribution is 2.30. The van der Waals surface area contributed by atoms with E-state index in [0.29, 0.717) is 5.69 Å². The molecule has 1 aromatic carbocycles. The summed E-state index contributed by atoms with van der Waals surface area (Å²) in [7, 11) is 0. The van der Waals surface area contributed by atoms with E-state index in [0.717, 1.165) is 6.07 Å². The van der Waals surface area contributed by atoms with Gasteiger partial charge in [0.1, 0.15) is 5.69 Å². The first-order chi connectivity index (χ1) is 9.35. The summed E-state index contributed by atoms with van der Waals surface area (Å²) >= 11 is 0. The number of amides is 1. The van der Waals surface area contributed by atoms with Crippen LogP contribution in [0.3, 0.4) is 0 Å². The predicted molar refractivity (Wildman–Crippen MR) is 66.3 cm³/mol. The molecule has 8 heteroatoms. The minimum Gasteiger partial charge on any atom is -0.404 e. The van der Waals surface area contributed by atoms with E-state index in [1.807, 2.05) is 0 Å². The van der Waals surface area contributed by atoms with Crippen LogP contribution in [-0.2, 0) is 0 Å². The number of benzene rings is 1. The summed E-state index contributed by atoms with van der Waals surface area (Å²) in [4.78, 5) is 14.4. The van der Waals surface area contributed by atoms with Crippen LogP contribution in [-0.4, -0.2) is 17.3 Å². The van der Waals surface area contributed by atoms with Crippen molar-refractivity contribution in [3.05, 3.63) is 42.2 Å². The maximum Gasteiger partial charge on any atom is 0.573 e. The van der Waals surface area contributed by atoms with Crippen LogP contribution in [0.2, 0.25) is 0 Å². The van der Waals surface area contributed by atoms with E-state index < -0.39 is 18.0 Å². The van der Waals surface area contributed by atoms with Gasteiger partial charge in [0.2, 0.25) is 0 Å². The van der Waals surface area contributed by atoms with Crippen LogP contribution in [0.25, 0.3) is 0 Å². The standard InChI is InChI=1S/C12H10F3N3O2/c13-12(14,15)20-10-4-2-1-3-8(10)18-11(19)9-5-7(16)6-17-9/h1-6,17H,16H2,(H,18,19). The molecule has 0 aliphatic carbocycles. The van der Waals surface area contributed by atoms with E-state index in [9.17, 15) is 18.0 Å². The lowest BCUT2D eigenvalue weighted by atomic mass is 10.3. The van der Waals surface area contributed by atoms with E-state index in [1.165, 1.54) is 30.5 Å². The number of aromatic amines is 1. The summed E-state index contributed by atoms with van der Waals surface area (Å²) in [5.41, 5.74) is 5.82. The summed E-state index contributed by atoms with van der Waals surface area (Å²) in [5.74, 6) is -1.12. The second-order valence-corrected chi connectivity index (χ2v) is 3.84. The Morgan fingerprint density at radius 2 is 2.00 bits per heavy atom. The molecule has 20 heavy (non-hydrogen) atoms. The summed E-state index contributed by atoms with van der Waals surface area (Å²) in [5, 5.41) is 2.31. The lowest BCUT2D eigenvalue weighted by molar-refractivity contribution is -0.274. The average Bonchev–Trinajstić information content (AvgIpc) is 2.77. The molecule has 0 aliphatic heterocycles. The smallest absolute Gasteiger partial charge is 0.404 e. The molecule has 0 unspecified atom stereocenters. The first-order valence-corrected chi connectivity index (χ1v) is 5.45. The fraction of sp³-hybridized carbons (Fsp3) is 0.0833. The monoisotopic (exact) mass is 285 g/mol. The zero-order valence-electron chi connectivity index (χ0n) is 9.99. The molecule has 106 valence electrons. The highest BCUT2D eigenvalue weighted by atomic mass is 19.4. The van der Waals surface area contributed by atoms with Gasteiger partial charge in [-0.25, -0.2) is 0 Å². The van der Waals surface area contributed by atoms with Gasteiger partial charge < -0.3 is 20.8 Å². The van der Waals surface area contributed by atoms with Gasteiger partial charge in [-0.05, 0) is 18.2 Å². The molecule has 1 heterocycles. The van der Waals surface area contributed by atoms with Crippen LogP contribution >= 0.6 is 0 Å². The fourth-order valence-electron chi connectivity index (χ4n) is 1.52. The number of hydrogen-bond donors (Lipinski definition) is 3. The maximum atomic E-state index is 12.2. The predicted octanol–water partition coefficient (Wildman–Crippen LogP) is 2.75. The van der Waals surface area contributed by atoms with Gasteiger partial charge in [0.05, 0.1) is 5.69 Å². The number of alkyl halides is 3. The van der Waals surface area contributed by atoms with Crippen molar-refractivity contribution in [2.45, 2.75) is 6.36 Å². The number of nitrogens with one attached hydrogen (secondary N) is 2. The first kappa shape index (κ1) is 13.8. The molecule has 0 radical (unpaired) electrons. The molecule has 0 saturated carbocycles. The van der Waals surface area contributed by atoms with Gasteiger partial charge in [0, 0.05) is 11.9 Å². The Labute approximate surface area is 111 Å². The fourth-order valence-corrected chi connectivity index (χ4v) is 1.52. The molecule has 2 rings (SSSR count).